The molecule has 20 heavy (non-hydrogen) atoms. The lowest BCUT2D eigenvalue weighted by atomic mass is 10.0. The van der Waals surface area contributed by atoms with Crippen LogP contribution < -0.4 is 5.32 Å². The Labute approximate surface area is 134 Å². The van der Waals surface area contributed by atoms with Gasteiger partial charge in [0.15, 0.2) is 0 Å². The Morgan fingerprint density at radius 1 is 1.25 bits per heavy atom. The molecule has 1 unspecified atom stereocenters. The maximum Gasteiger partial charge on any atom is 0.124 e. The minimum atomic E-state index is -0.263. The average molecular weight is 405 g/mol. The number of benzene rings is 1. The van der Waals surface area contributed by atoms with E-state index in [1.165, 1.54) is 12.1 Å². The molecule has 1 heterocycles. The van der Waals surface area contributed by atoms with Crippen molar-refractivity contribution >= 4 is 31.9 Å². The quantitative estimate of drug-likeness (QED) is 0.816. The highest BCUT2D eigenvalue weighted by atomic mass is 79.9. The zero-order valence-corrected chi connectivity index (χ0v) is 14.7. The summed E-state index contributed by atoms with van der Waals surface area (Å²) in [5.74, 6) is -0.263. The van der Waals surface area contributed by atoms with Gasteiger partial charge in [-0.3, -0.25) is 4.68 Å². The van der Waals surface area contributed by atoms with E-state index in [0.717, 1.165) is 20.2 Å². The molecule has 0 aliphatic carbocycles. The van der Waals surface area contributed by atoms with Crippen molar-refractivity contribution in [1.29, 1.82) is 0 Å². The molecule has 2 rings (SSSR count). The Morgan fingerprint density at radius 3 is 2.50 bits per heavy atom. The van der Waals surface area contributed by atoms with Crippen molar-refractivity contribution in [3.63, 3.8) is 0 Å². The van der Waals surface area contributed by atoms with Gasteiger partial charge in [-0.25, -0.2) is 4.39 Å². The van der Waals surface area contributed by atoms with Crippen molar-refractivity contribution in [2.24, 2.45) is 0 Å². The van der Waals surface area contributed by atoms with Crippen LogP contribution in [0.15, 0.2) is 33.3 Å². The molecule has 6 heteroatoms. The third-order valence-corrected chi connectivity index (χ3v) is 4.13. The first kappa shape index (κ1) is 15.7. The van der Waals surface area contributed by atoms with Crippen LogP contribution >= 0.6 is 31.9 Å². The molecule has 0 spiro atoms. The van der Waals surface area contributed by atoms with Crippen LogP contribution in [0.1, 0.15) is 37.2 Å². The molecule has 3 nitrogen and oxygen atoms in total. The van der Waals surface area contributed by atoms with E-state index in [-0.39, 0.29) is 17.9 Å². The topological polar surface area (TPSA) is 29.9 Å². The predicted molar refractivity (Wildman–Crippen MR) is 85.3 cm³/mol. The zero-order valence-electron chi connectivity index (χ0n) is 11.5. The number of rotatable bonds is 4. The summed E-state index contributed by atoms with van der Waals surface area (Å²) in [5.41, 5.74) is 1.84. The highest BCUT2D eigenvalue weighted by Gasteiger charge is 2.22. The van der Waals surface area contributed by atoms with Crippen molar-refractivity contribution in [3.05, 3.63) is 50.4 Å². The smallest absolute Gasteiger partial charge is 0.124 e. The fourth-order valence-electron chi connectivity index (χ4n) is 2.24. The van der Waals surface area contributed by atoms with E-state index in [1.54, 1.807) is 6.20 Å². The Bertz CT molecular complexity index is 590. The van der Waals surface area contributed by atoms with Crippen molar-refractivity contribution in [2.45, 2.75) is 25.9 Å². The van der Waals surface area contributed by atoms with E-state index in [9.17, 15) is 4.39 Å². The van der Waals surface area contributed by atoms with E-state index in [2.05, 4.69) is 56.1 Å². The van der Waals surface area contributed by atoms with E-state index in [1.807, 2.05) is 17.8 Å². The van der Waals surface area contributed by atoms with Crippen LogP contribution in [-0.2, 0) is 0 Å². The molecule has 1 aromatic heterocycles. The Morgan fingerprint density at radius 2 is 1.95 bits per heavy atom. The summed E-state index contributed by atoms with van der Waals surface area (Å²) in [4.78, 5) is 0. The van der Waals surface area contributed by atoms with Gasteiger partial charge in [0.25, 0.3) is 0 Å². The van der Waals surface area contributed by atoms with Gasteiger partial charge in [0.05, 0.1) is 22.4 Å². The highest BCUT2D eigenvalue weighted by molar-refractivity contribution is 9.10. The maximum atomic E-state index is 13.6. The van der Waals surface area contributed by atoms with Gasteiger partial charge >= 0.3 is 0 Å². The van der Waals surface area contributed by atoms with Gasteiger partial charge in [-0.1, -0.05) is 15.9 Å². The molecule has 0 saturated heterocycles. The first-order valence-electron chi connectivity index (χ1n) is 6.30. The second-order valence-electron chi connectivity index (χ2n) is 4.84. The van der Waals surface area contributed by atoms with Crippen molar-refractivity contribution < 1.29 is 4.39 Å². The molecule has 108 valence electrons. The number of halogens is 3. The highest BCUT2D eigenvalue weighted by Crippen LogP contribution is 2.31. The van der Waals surface area contributed by atoms with Crippen molar-refractivity contribution in [1.82, 2.24) is 15.1 Å². The molecule has 0 saturated carbocycles. The summed E-state index contributed by atoms with van der Waals surface area (Å²) in [6.45, 7) is 4.13. The van der Waals surface area contributed by atoms with Crippen LogP contribution in [0, 0.1) is 5.82 Å². The summed E-state index contributed by atoms with van der Waals surface area (Å²) in [6, 6.07) is 4.99. The van der Waals surface area contributed by atoms with E-state index >= 15 is 0 Å². The van der Waals surface area contributed by atoms with Gasteiger partial charge in [0.2, 0.25) is 0 Å². The number of nitrogens with zero attached hydrogens (tertiary/aromatic N) is 2. The lowest BCUT2D eigenvalue weighted by molar-refractivity contribution is 0.482. The summed E-state index contributed by atoms with van der Waals surface area (Å²) >= 11 is 6.87. The fourth-order valence-corrected chi connectivity index (χ4v) is 3.22. The van der Waals surface area contributed by atoms with Crippen LogP contribution in [0.5, 0.6) is 0 Å². The number of nitrogens with one attached hydrogen (secondary N) is 1. The molecule has 0 bridgehead atoms. The van der Waals surface area contributed by atoms with Crippen molar-refractivity contribution in [3.8, 4) is 0 Å². The third-order valence-electron chi connectivity index (χ3n) is 3.06. The van der Waals surface area contributed by atoms with E-state index in [4.69, 9.17) is 0 Å². The molecule has 2 aromatic rings. The van der Waals surface area contributed by atoms with Crippen LogP contribution in [0.25, 0.3) is 0 Å². The largest absolute Gasteiger partial charge is 0.308 e. The number of hydrogen-bond acceptors (Lipinski definition) is 2. The molecule has 0 radical (unpaired) electrons. The van der Waals surface area contributed by atoms with Crippen LogP contribution in [-0.4, -0.2) is 16.8 Å². The zero-order chi connectivity index (χ0) is 14.9. The molecular formula is C14H16Br2FN3. The van der Waals surface area contributed by atoms with Gasteiger partial charge in [-0.2, -0.15) is 5.10 Å². The molecule has 0 amide bonds. The average Bonchev–Trinajstić information content (AvgIpc) is 2.72. The lowest BCUT2D eigenvalue weighted by Gasteiger charge is -2.21. The SMILES string of the molecule is CNC(c1cc(F)cc(Br)c1)c1c(Br)cnn1C(C)C. The van der Waals surface area contributed by atoms with Crippen LogP contribution in [0.2, 0.25) is 0 Å². The lowest BCUT2D eigenvalue weighted by Crippen LogP contribution is -2.23. The van der Waals surface area contributed by atoms with Gasteiger partial charge in [-0.05, 0) is 60.6 Å². The van der Waals surface area contributed by atoms with E-state index in [0.29, 0.717) is 0 Å². The summed E-state index contributed by atoms with van der Waals surface area (Å²) < 4.78 is 17.2. The normalized spacial score (nSPS) is 12.9. The van der Waals surface area contributed by atoms with Gasteiger partial charge in [0.1, 0.15) is 5.82 Å². The van der Waals surface area contributed by atoms with E-state index < -0.39 is 0 Å². The second-order valence-corrected chi connectivity index (χ2v) is 6.61. The standard InChI is InChI=1S/C14H16Br2FN3/c1-8(2)20-14(12(16)7-19-20)13(18-3)9-4-10(15)6-11(17)5-9/h4-8,13,18H,1-3H3. The minimum absolute atomic E-state index is 0.138. The Balaban J connectivity index is 2.55. The fraction of sp³-hybridized carbons (Fsp3) is 0.357. The Hall–Kier alpha value is -0.720. The number of hydrogen-bond donors (Lipinski definition) is 1. The molecule has 0 fully saturated rings. The molecular weight excluding hydrogens is 389 g/mol. The van der Waals surface area contributed by atoms with Gasteiger partial charge in [-0.15, -0.1) is 0 Å². The first-order valence-corrected chi connectivity index (χ1v) is 7.88. The summed E-state index contributed by atoms with van der Waals surface area (Å²) in [5, 5.41) is 7.61. The first-order chi connectivity index (χ1) is 9.43. The molecule has 1 N–H and O–H groups in total. The monoisotopic (exact) mass is 403 g/mol. The van der Waals surface area contributed by atoms with Gasteiger partial charge < -0.3 is 5.32 Å². The second kappa shape index (κ2) is 6.37. The minimum Gasteiger partial charge on any atom is -0.308 e. The van der Waals surface area contributed by atoms with Crippen LogP contribution in [0.4, 0.5) is 4.39 Å². The maximum absolute atomic E-state index is 13.6. The summed E-state index contributed by atoms with van der Waals surface area (Å²) in [7, 11) is 1.85. The van der Waals surface area contributed by atoms with Crippen LogP contribution in [0.3, 0.4) is 0 Å². The Kier molecular flexibility index (Phi) is 4.99. The molecule has 1 atom stereocenters. The molecule has 0 aliphatic rings. The number of aromatic nitrogens is 2. The summed E-state index contributed by atoms with van der Waals surface area (Å²) in [6.07, 6.45) is 1.77. The molecule has 0 aliphatic heterocycles. The predicted octanol–water partition coefficient (Wildman–Crippen LogP) is 4.44. The van der Waals surface area contributed by atoms with Crippen molar-refractivity contribution in [2.75, 3.05) is 7.05 Å². The third kappa shape index (κ3) is 3.13. The van der Waals surface area contributed by atoms with Gasteiger partial charge in [0, 0.05) is 10.5 Å². The molecule has 1 aromatic carbocycles.